The molecule has 0 aromatic heterocycles. The zero-order valence-corrected chi connectivity index (χ0v) is 14.2. The van der Waals surface area contributed by atoms with Gasteiger partial charge >= 0.3 is 0 Å². The lowest BCUT2D eigenvalue weighted by atomic mass is 9.90. The van der Waals surface area contributed by atoms with Gasteiger partial charge in [-0.25, -0.2) is 0 Å². The molecule has 0 amide bonds. The van der Waals surface area contributed by atoms with E-state index in [1.165, 1.54) is 28.8 Å². The van der Waals surface area contributed by atoms with Gasteiger partial charge in [0, 0.05) is 19.3 Å². The van der Waals surface area contributed by atoms with E-state index in [0.717, 1.165) is 18.9 Å². The molecule has 0 fully saturated rings. The third-order valence-corrected chi connectivity index (χ3v) is 4.32. The molecular formula is C19H31N. The minimum Gasteiger partial charge on any atom is -0.374 e. The lowest BCUT2D eigenvalue weighted by Crippen LogP contribution is -2.28. The molecule has 2 atom stereocenters. The number of allylic oxidation sites excluding steroid dienone is 1. The molecular weight excluding hydrogens is 242 g/mol. The molecule has 20 heavy (non-hydrogen) atoms. The highest BCUT2D eigenvalue weighted by Crippen LogP contribution is 2.24. The second-order valence-electron chi connectivity index (χ2n) is 6.62. The number of rotatable bonds is 7. The molecule has 2 unspecified atom stereocenters. The van der Waals surface area contributed by atoms with Crippen molar-refractivity contribution in [1.29, 1.82) is 0 Å². The molecule has 1 nitrogen and oxygen atoms in total. The Morgan fingerprint density at radius 1 is 1.20 bits per heavy atom. The first-order valence-electron chi connectivity index (χ1n) is 7.74. The second-order valence-corrected chi connectivity index (χ2v) is 6.62. The Hall–Kier alpha value is -1.24. The highest BCUT2D eigenvalue weighted by atomic mass is 15.1. The number of hydrogen-bond donors (Lipinski definition) is 0. The van der Waals surface area contributed by atoms with Gasteiger partial charge in [-0.15, -0.1) is 6.58 Å². The normalized spacial score (nSPS) is 13.9. The van der Waals surface area contributed by atoms with Crippen LogP contribution in [0.25, 0.3) is 0 Å². The van der Waals surface area contributed by atoms with E-state index in [4.69, 9.17) is 0 Å². The van der Waals surface area contributed by atoms with E-state index < -0.39 is 0 Å². The number of benzene rings is 1. The van der Waals surface area contributed by atoms with Crippen LogP contribution in [-0.2, 0) is 0 Å². The number of anilines is 1. The van der Waals surface area contributed by atoms with Crippen LogP contribution >= 0.6 is 0 Å². The molecule has 0 aliphatic rings. The summed E-state index contributed by atoms with van der Waals surface area (Å²) in [7, 11) is 2.21. The van der Waals surface area contributed by atoms with Crippen molar-refractivity contribution in [3.05, 3.63) is 41.5 Å². The Morgan fingerprint density at radius 2 is 1.85 bits per heavy atom. The Balaban J connectivity index is 2.60. The van der Waals surface area contributed by atoms with Gasteiger partial charge in [0.15, 0.2) is 0 Å². The van der Waals surface area contributed by atoms with Crippen LogP contribution in [0.1, 0.15) is 44.7 Å². The predicted octanol–water partition coefficient (Wildman–Crippen LogP) is 5.37. The van der Waals surface area contributed by atoms with Crippen molar-refractivity contribution in [3.63, 3.8) is 0 Å². The van der Waals surface area contributed by atoms with Crippen molar-refractivity contribution in [2.75, 3.05) is 18.5 Å². The van der Waals surface area contributed by atoms with Crippen molar-refractivity contribution >= 4 is 5.69 Å². The molecule has 0 bridgehead atoms. The summed E-state index contributed by atoms with van der Waals surface area (Å²) >= 11 is 0. The third kappa shape index (κ3) is 5.03. The van der Waals surface area contributed by atoms with Crippen molar-refractivity contribution in [3.8, 4) is 0 Å². The smallest absolute Gasteiger partial charge is 0.0393 e. The van der Waals surface area contributed by atoms with E-state index in [1.54, 1.807) is 0 Å². The fourth-order valence-electron chi connectivity index (χ4n) is 2.70. The number of hydrogen-bond acceptors (Lipinski definition) is 1. The third-order valence-electron chi connectivity index (χ3n) is 4.32. The highest BCUT2D eigenvalue weighted by molar-refractivity contribution is 5.53. The van der Waals surface area contributed by atoms with Crippen LogP contribution in [0.3, 0.4) is 0 Å². The molecule has 0 aliphatic carbocycles. The van der Waals surface area contributed by atoms with Gasteiger partial charge in [0.25, 0.3) is 0 Å². The maximum Gasteiger partial charge on any atom is 0.0393 e. The lowest BCUT2D eigenvalue weighted by Gasteiger charge is -2.28. The zero-order valence-electron chi connectivity index (χ0n) is 14.2. The average Bonchev–Trinajstić information content (AvgIpc) is 2.35. The Labute approximate surface area is 125 Å². The van der Waals surface area contributed by atoms with E-state index in [-0.39, 0.29) is 0 Å². The van der Waals surface area contributed by atoms with Crippen LogP contribution in [0.2, 0.25) is 0 Å². The van der Waals surface area contributed by atoms with Gasteiger partial charge < -0.3 is 4.90 Å². The van der Waals surface area contributed by atoms with Crippen LogP contribution in [0, 0.1) is 25.7 Å². The van der Waals surface area contributed by atoms with Crippen LogP contribution in [-0.4, -0.2) is 13.6 Å². The maximum atomic E-state index is 4.00. The van der Waals surface area contributed by atoms with Crippen molar-refractivity contribution < 1.29 is 0 Å². The molecule has 0 saturated carbocycles. The first kappa shape index (κ1) is 16.8. The fraction of sp³-hybridized carbons (Fsp3) is 0.579. The van der Waals surface area contributed by atoms with Gasteiger partial charge in [0.05, 0.1) is 0 Å². The Bertz CT molecular complexity index is 447. The van der Waals surface area contributed by atoms with Gasteiger partial charge in [-0.05, 0) is 57.1 Å². The van der Waals surface area contributed by atoms with Gasteiger partial charge in [-0.3, -0.25) is 0 Å². The van der Waals surface area contributed by atoms with Crippen LogP contribution in [0.4, 0.5) is 5.69 Å². The van der Waals surface area contributed by atoms with Crippen molar-refractivity contribution in [1.82, 2.24) is 0 Å². The molecule has 1 aromatic carbocycles. The molecule has 0 saturated heterocycles. The lowest BCUT2D eigenvalue weighted by molar-refractivity contribution is 0.368. The summed E-state index contributed by atoms with van der Waals surface area (Å²) in [5, 5.41) is 0. The standard InChI is InChI=1S/C19H31N/c1-14(2)8-10-16(4)18(6)13-20(7)19-11-9-15(3)12-17(19)5/h9,11-12,16,18H,1,8,10,13H2,2-7H3. The van der Waals surface area contributed by atoms with Crippen LogP contribution in [0.15, 0.2) is 30.4 Å². The second kappa shape index (κ2) is 7.52. The SMILES string of the molecule is C=C(C)CCC(C)C(C)CN(C)c1ccc(C)cc1C. The largest absolute Gasteiger partial charge is 0.374 e. The first-order valence-corrected chi connectivity index (χ1v) is 7.74. The summed E-state index contributed by atoms with van der Waals surface area (Å²) < 4.78 is 0. The topological polar surface area (TPSA) is 3.24 Å². The molecule has 0 heterocycles. The number of nitrogens with zero attached hydrogens (tertiary/aromatic N) is 1. The molecule has 112 valence electrons. The first-order chi connectivity index (χ1) is 9.31. The van der Waals surface area contributed by atoms with Crippen LogP contribution < -0.4 is 4.90 Å². The molecule has 1 rings (SSSR count). The summed E-state index contributed by atoms with van der Waals surface area (Å²) in [6, 6.07) is 6.71. The molecule has 1 heteroatoms. The maximum absolute atomic E-state index is 4.00. The van der Waals surface area contributed by atoms with Crippen molar-refractivity contribution in [2.24, 2.45) is 11.8 Å². The minimum atomic E-state index is 0.694. The van der Waals surface area contributed by atoms with Gasteiger partial charge in [-0.1, -0.05) is 37.1 Å². The monoisotopic (exact) mass is 273 g/mol. The molecule has 0 N–H and O–H groups in total. The molecule has 0 spiro atoms. The fourth-order valence-corrected chi connectivity index (χ4v) is 2.70. The van der Waals surface area contributed by atoms with Crippen LogP contribution in [0.5, 0.6) is 0 Å². The predicted molar refractivity (Wildman–Crippen MR) is 91.6 cm³/mol. The highest BCUT2D eigenvalue weighted by Gasteiger charge is 2.15. The van der Waals surface area contributed by atoms with Gasteiger partial charge in [0.2, 0.25) is 0 Å². The van der Waals surface area contributed by atoms with Crippen molar-refractivity contribution in [2.45, 2.75) is 47.5 Å². The molecule has 0 radical (unpaired) electrons. The number of aryl methyl sites for hydroxylation is 2. The summed E-state index contributed by atoms with van der Waals surface area (Å²) in [5.74, 6) is 1.43. The quantitative estimate of drug-likeness (QED) is 0.604. The van der Waals surface area contributed by atoms with E-state index in [2.05, 4.69) is 71.3 Å². The molecule has 1 aromatic rings. The Kier molecular flexibility index (Phi) is 6.32. The molecule has 0 aliphatic heterocycles. The van der Waals surface area contributed by atoms with E-state index in [0.29, 0.717) is 5.92 Å². The summed E-state index contributed by atoms with van der Waals surface area (Å²) in [6.07, 6.45) is 2.40. The summed E-state index contributed by atoms with van der Waals surface area (Å²) in [4.78, 5) is 2.40. The van der Waals surface area contributed by atoms with Gasteiger partial charge in [0.1, 0.15) is 0 Å². The van der Waals surface area contributed by atoms with E-state index >= 15 is 0 Å². The van der Waals surface area contributed by atoms with Gasteiger partial charge in [-0.2, -0.15) is 0 Å². The Morgan fingerprint density at radius 3 is 2.40 bits per heavy atom. The summed E-state index contributed by atoms with van der Waals surface area (Å²) in [6.45, 7) is 16.3. The van der Waals surface area contributed by atoms with E-state index in [1.807, 2.05) is 0 Å². The summed E-state index contributed by atoms with van der Waals surface area (Å²) in [5.41, 5.74) is 5.36. The van der Waals surface area contributed by atoms with E-state index in [9.17, 15) is 0 Å². The minimum absolute atomic E-state index is 0.694. The zero-order chi connectivity index (χ0) is 15.3. The average molecular weight is 273 g/mol.